The van der Waals surface area contributed by atoms with Crippen LogP contribution in [0.5, 0.6) is 0 Å². The fourth-order valence-electron chi connectivity index (χ4n) is 4.41. The van der Waals surface area contributed by atoms with E-state index in [4.69, 9.17) is 4.52 Å². The van der Waals surface area contributed by atoms with Crippen molar-refractivity contribution in [2.45, 2.75) is 51.7 Å². The van der Waals surface area contributed by atoms with Crippen LogP contribution in [0.15, 0.2) is 28.9 Å². The number of amides is 1. The zero-order valence-corrected chi connectivity index (χ0v) is 17.1. The Labute approximate surface area is 171 Å². The standard InChI is InChI=1S/C21H30N6O2/c1-16-24-20(29-25-16)15-26-11-7-19(8-12-26)27-10-4-5-17(14-27)21(28)23-13-18-6-2-3-9-22-18/h2-3,6,9,17,19H,4-5,7-8,10-15H2,1H3,(H,23,28)/t17-/m1/s1. The van der Waals surface area contributed by atoms with Gasteiger partial charge < -0.3 is 9.84 Å². The van der Waals surface area contributed by atoms with E-state index in [1.54, 1.807) is 6.20 Å². The number of rotatable bonds is 6. The normalized spacial score (nSPS) is 21.9. The Morgan fingerprint density at radius 3 is 2.83 bits per heavy atom. The van der Waals surface area contributed by atoms with Crippen molar-refractivity contribution in [1.82, 2.24) is 30.2 Å². The lowest BCUT2D eigenvalue weighted by Crippen LogP contribution is -2.50. The van der Waals surface area contributed by atoms with Crippen LogP contribution in [-0.4, -0.2) is 63.1 Å². The maximum Gasteiger partial charge on any atom is 0.240 e. The summed E-state index contributed by atoms with van der Waals surface area (Å²) < 4.78 is 5.24. The maximum absolute atomic E-state index is 12.7. The summed E-state index contributed by atoms with van der Waals surface area (Å²) in [6.07, 6.45) is 6.06. The fraction of sp³-hybridized carbons (Fsp3) is 0.619. The molecule has 0 unspecified atom stereocenters. The third-order valence-corrected chi connectivity index (χ3v) is 6.00. The third kappa shape index (κ3) is 5.39. The van der Waals surface area contributed by atoms with E-state index in [0.717, 1.165) is 64.1 Å². The highest BCUT2D eigenvalue weighted by Gasteiger charge is 2.31. The van der Waals surface area contributed by atoms with Gasteiger partial charge in [-0.05, 0) is 51.3 Å². The summed E-state index contributed by atoms with van der Waals surface area (Å²) in [5.41, 5.74) is 0.900. The molecule has 8 heteroatoms. The number of likely N-dealkylation sites (tertiary alicyclic amines) is 2. The van der Waals surface area contributed by atoms with Crippen LogP contribution in [0.1, 0.15) is 43.1 Å². The Bertz CT molecular complexity index is 787. The minimum atomic E-state index is 0.0758. The van der Waals surface area contributed by atoms with Crippen molar-refractivity contribution in [3.63, 3.8) is 0 Å². The molecule has 2 aromatic rings. The minimum absolute atomic E-state index is 0.0758. The number of nitrogens with zero attached hydrogens (tertiary/aromatic N) is 5. The molecule has 2 fully saturated rings. The second-order valence-corrected chi connectivity index (χ2v) is 8.12. The summed E-state index contributed by atoms with van der Waals surface area (Å²) >= 11 is 0. The van der Waals surface area contributed by atoms with Crippen LogP contribution in [0.25, 0.3) is 0 Å². The molecule has 2 aliphatic rings. The van der Waals surface area contributed by atoms with Crippen molar-refractivity contribution < 1.29 is 9.32 Å². The van der Waals surface area contributed by atoms with E-state index in [9.17, 15) is 4.79 Å². The molecule has 0 spiro atoms. The summed E-state index contributed by atoms with van der Waals surface area (Å²) in [5.74, 6) is 1.62. The second kappa shape index (κ2) is 9.45. The number of hydrogen-bond acceptors (Lipinski definition) is 7. The van der Waals surface area contributed by atoms with Gasteiger partial charge in [-0.2, -0.15) is 4.98 Å². The van der Waals surface area contributed by atoms with Gasteiger partial charge in [-0.1, -0.05) is 11.2 Å². The van der Waals surface area contributed by atoms with Crippen molar-refractivity contribution in [3.05, 3.63) is 41.8 Å². The van der Waals surface area contributed by atoms with E-state index in [0.29, 0.717) is 24.3 Å². The van der Waals surface area contributed by atoms with Crippen molar-refractivity contribution in [2.75, 3.05) is 26.2 Å². The fourth-order valence-corrected chi connectivity index (χ4v) is 4.41. The Morgan fingerprint density at radius 1 is 1.24 bits per heavy atom. The van der Waals surface area contributed by atoms with E-state index >= 15 is 0 Å². The first-order chi connectivity index (χ1) is 14.2. The Morgan fingerprint density at radius 2 is 2.10 bits per heavy atom. The zero-order valence-electron chi connectivity index (χ0n) is 17.1. The smallest absolute Gasteiger partial charge is 0.240 e. The van der Waals surface area contributed by atoms with Gasteiger partial charge >= 0.3 is 0 Å². The Kier molecular flexibility index (Phi) is 6.51. The first-order valence-corrected chi connectivity index (χ1v) is 10.6. The summed E-state index contributed by atoms with van der Waals surface area (Å²) in [4.78, 5) is 26.2. The molecule has 0 saturated carbocycles. The summed E-state index contributed by atoms with van der Waals surface area (Å²) in [6.45, 7) is 7.09. The average molecular weight is 399 g/mol. The predicted molar refractivity (Wildman–Crippen MR) is 108 cm³/mol. The highest BCUT2D eigenvalue weighted by Crippen LogP contribution is 2.24. The van der Waals surface area contributed by atoms with Crippen LogP contribution in [-0.2, 0) is 17.9 Å². The number of aromatic nitrogens is 3. The number of hydrogen-bond donors (Lipinski definition) is 1. The molecule has 29 heavy (non-hydrogen) atoms. The molecular weight excluding hydrogens is 368 g/mol. The Balaban J connectivity index is 1.23. The van der Waals surface area contributed by atoms with Crippen molar-refractivity contribution in [2.24, 2.45) is 5.92 Å². The van der Waals surface area contributed by atoms with Gasteiger partial charge in [-0.15, -0.1) is 0 Å². The molecule has 0 aliphatic carbocycles. The number of nitrogens with one attached hydrogen (secondary N) is 1. The maximum atomic E-state index is 12.7. The largest absolute Gasteiger partial charge is 0.350 e. The molecule has 8 nitrogen and oxygen atoms in total. The molecule has 0 radical (unpaired) electrons. The van der Waals surface area contributed by atoms with Gasteiger partial charge in [0, 0.05) is 31.9 Å². The molecule has 156 valence electrons. The van der Waals surface area contributed by atoms with Crippen LogP contribution in [0.3, 0.4) is 0 Å². The van der Waals surface area contributed by atoms with Gasteiger partial charge in [0.1, 0.15) is 0 Å². The SMILES string of the molecule is Cc1noc(CN2CCC(N3CCC[C@@H](C(=O)NCc4ccccn4)C3)CC2)n1. The molecule has 4 rings (SSSR count). The van der Waals surface area contributed by atoms with Gasteiger partial charge in [0.2, 0.25) is 11.8 Å². The van der Waals surface area contributed by atoms with Crippen molar-refractivity contribution in [1.29, 1.82) is 0 Å². The molecule has 2 aromatic heterocycles. The molecule has 1 N–H and O–H groups in total. The van der Waals surface area contributed by atoms with Crippen LogP contribution < -0.4 is 5.32 Å². The highest BCUT2D eigenvalue weighted by atomic mass is 16.5. The molecular formula is C21H30N6O2. The number of carbonyl (C=O) groups excluding carboxylic acids is 1. The van der Waals surface area contributed by atoms with E-state index in [1.807, 2.05) is 25.1 Å². The first-order valence-electron chi connectivity index (χ1n) is 10.6. The van der Waals surface area contributed by atoms with Crippen molar-refractivity contribution >= 4 is 5.91 Å². The molecule has 4 heterocycles. The lowest BCUT2D eigenvalue weighted by atomic mass is 9.93. The lowest BCUT2D eigenvalue weighted by Gasteiger charge is -2.41. The van der Waals surface area contributed by atoms with Crippen LogP contribution in [0.4, 0.5) is 0 Å². The number of aryl methyl sites for hydroxylation is 1. The first kappa shape index (κ1) is 20.0. The van der Waals surface area contributed by atoms with E-state index < -0.39 is 0 Å². The molecule has 1 amide bonds. The van der Waals surface area contributed by atoms with E-state index in [1.165, 1.54) is 0 Å². The topological polar surface area (TPSA) is 87.4 Å². The van der Waals surface area contributed by atoms with Gasteiger partial charge in [-0.3, -0.25) is 19.6 Å². The van der Waals surface area contributed by atoms with E-state index in [-0.39, 0.29) is 11.8 Å². The van der Waals surface area contributed by atoms with Gasteiger partial charge in [0.05, 0.1) is 24.7 Å². The summed E-state index contributed by atoms with van der Waals surface area (Å²) in [5, 5.41) is 6.94. The van der Waals surface area contributed by atoms with Crippen LogP contribution in [0, 0.1) is 12.8 Å². The Hall–Kier alpha value is -2.32. The van der Waals surface area contributed by atoms with Crippen LogP contribution >= 0.6 is 0 Å². The molecule has 1 atom stereocenters. The molecule has 0 aromatic carbocycles. The molecule has 0 bridgehead atoms. The van der Waals surface area contributed by atoms with Crippen LogP contribution in [0.2, 0.25) is 0 Å². The zero-order chi connectivity index (χ0) is 20.1. The number of pyridine rings is 1. The average Bonchev–Trinajstić information content (AvgIpc) is 3.18. The van der Waals surface area contributed by atoms with Gasteiger partial charge in [-0.25, -0.2) is 0 Å². The second-order valence-electron chi connectivity index (χ2n) is 8.12. The summed E-state index contributed by atoms with van der Waals surface area (Å²) in [7, 11) is 0. The molecule has 2 saturated heterocycles. The van der Waals surface area contributed by atoms with Crippen molar-refractivity contribution in [3.8, 4) is 0 Å². The van der Waals surface area contributed by atoms with Gasteiger partial charge in [0.25, 0.3) is 0 Å². The van der Waals surface area contributed by atoms with E-state index in [2.05, 4.69) is 30.2 Å². The lowest BCUT2D eigenvalue weighted by molar-refractivity contribution is -0.127. The van der Waals surface area contributed by atoms with Gasteiger partial charge in [0.15, 0.2) is 5.82 Å². The summed E-state index contributed by atoms with van der Waals surface area (Å²) in [6, 6.07) is 6.33. The molecule has 2 aliphatic heterocycles. The minimum Gasteiger partial charge on any atom is -0.350 e. The number of carbonyl (C=O) groups is 1. The monoisotopic (exact) mass is 398 g/mol. The third-order valence-electron chi connectivity index (χ3n) is 6.00. The highest BCUT2D eigenvalue weighted by molar-refractivity contribution is 5.78. The quantitative estimate of drug-likeness (QED) is 0.793. The predicted octanol–water partition coefficient (Wildman–Crippen LogP) is 1.77. The number of piperidine rings is 2.